The van der Waals surface area contributed by atoms with Crippen LogP contribution in [-0.4, -0.2) is 123 Å². The van der Waals surface area contributed by atoms with Crippen molar-refractivity contribution in [3.8, 4) is 0 Å². The van der Waals surface area contributed by atoms with Crippen LogP contribution in [0.1, 0.15) is 65.5 Å². The number of nitrogens with zero attached hydrogens (tertiary/aromatic N) is 4. The summed E-state index contributed by atoms with van der Waals surface area (Å²) < 4.78 is 22.1. The smallest absolute Gasteiger partial charge is 0.410 e. The zero-order valence-electron chi connectivity index (χ0n) is 44.4. The molecule has 404 valence electrons. The Hall–Kier alpha value is -8.34. The molecule has 0 aliphatic carbocycles. The molecular weight excluding hydrogens is 981 g/mol. The Balaban J connectivity index is 0.000000175. The van der Waals surface area contributed by atoms with Crippen LogP contribution in [-0.2, 0) is 41.8 Å². The highest BCUT2D eigenvalue weighted by molar-refractivity contribution is 6.03. The molecule has 77 heavy (non-hydrogen) atoms. The lowest BCUT2D eigenvalue weighted by Gasteiger charge is -2.30. The van der Waals surface area contributed by atoms with E-state index in [1.807, 2.05) is 154 Å². The number of hydrogen-bond acceptors (Lipinski definition) is 11. The number of aliphatic carboxylic acids is 1. The molecule has 5 amide bonds. The molecule has 0 aromatic heterocycles. The molecule has 4 aliphatic rings. The molecule has 0 unspecified atom stereocenters. The van der Waals surface area contributed by atoms with Gasteiger partial charge in [0.1, 0.15) is 24.4 Å². The average Bonchev–Trinajstić information content (AvgIpc) is 4.25. The van der Waals surface area contributed by atoms with Crippen LogP contribution in [0, 0.1) is 11.8 Å². The normalized spacial score (nSPS) is 20.4. The summed E-state index contributed by atoms with van der Waals surface area (Å²) >= 11 is 0. The number of hydrogen-bond donors (Lipinski definition) is 3. The molecule has 4 N–H and O–H groups in total. The number of likely N-dealkylation sites (tertiary alicyclic amines) is 4. The number of fused-ring (bicyclic) bond motifs is 4. The predicted molar refractivity (Wildman–Crippen MR) is 292 cm³/mol. The SMILES string of the molecule is CC(C)(C)OC(=O)N1CC[C@@H]2[C@H]1[C@@H](C(=O)Nc1cccc3ccccc13)CN2C(=O)OCc1ccccc1.CC(C)(C)OC(=O)N1CC[C@@H]2[C@H]1[C@@H](C(=O)O)CN2C(=O)OCc1ccccc1.Nc1cccc2ccccc12. The van der Waals surface area contributed by atoms with Gasteiger partial charge in [-0.2, -0.15) is 0 Å². The van der Waals surface area contributed by atoms with Crippen LogP contribution in [0.5, 0.6) is 0 Å². The lowest BCUT2D eigenvalue weighted by molar-refractivity contribution is -0.142. The van der Waals surface area contributed by atoms with Crippen LogP contribution in [0.25, 0.3) is 21.5 Å². The molecule has 0 spiro atoms. The van der Waals surface area contributed by atoms with Gasteiger partial charge >= 0.3 is 30.3 Å². The third-order valence-electron chi connectivity index (χ3n) is 13.9. The topological polar surface area (TPSA) is 211 Å². The molecule has 17 nitrogen and oxygen atoms in total. The average molecular weight is 1050 g/mol. The molecule has 4 saturated heterocycles. The summed E-state index contributed by atoms with van der Waals surface area (Å²) in [6.45, 7) is 11.9. The molecule has 0 saturated carbocycles. The van der Waals surface area contributed by atoms with E-state index < -0.39 is 71.5 Å². The Bertz CT molecular complexity index is 3060. The lowest BCUT2D eigenvalue weighted by Crippen LogP contribution is -2.47. The van der Waals surface area contributed by atoms with Gasteiger partial charge in [-0.05, 0) is 88.4 Å². The molecule has 0 bridgehead atoms. The summed E-state index contributed by atoms with van der Waals surface area (Å²) in [5.41, 5.74) is 7.67. The van der Waals surface area contributed by atoms with Gasteiger partial charge in [0.2, 0.25) is 5.91 Å². The maximum absolute atomic E-state index is 13.7. The largest absolute Gasteiger partial charge is 0.481 e. The number of nitrogens with one attached hydrogen (secondary N) is 1. The van der Waals surface area contributed by atoms with E-state index >= 15 is 0 Å². The van der Waals surface area contributed by atoms with Gasteiger partial charge in [0.15, 0.2) is 0 Å². The number of carboxylic acid groups (broad SMARTS) is 1. The number of nitrogens with two attached hydrogens (primary N) is 1. The highest BCUT2D eigenvalue weighted by Gasteiger charge is 2.57. The van der Waals surface area contributed by atoms with E-state index in [0.29, 0.717) is 31.6 Å². The Morgan fingerprint density at radius 3 is 1.42 bits per heavy atom. The van der Waals surface area contributed by atoms with Crippen molar-refractivity contribution in [3.05, 3.63) is 157 Å². The molecule has 4 fully saturated rings. The third kappa shape index (κ3) is 13.4. The first-order valence-corrected chi connectivity index (χ1v) is 25.9. The highest BCUT2D eigenvalue weighted by atomic mass is 16.6. The van der Waals surface area contributed by atoms with Crippen molar-refractivity contribution in [1.82, 2.24) is 19.6 Å². The van der Waals surface area contributed by atoms with Crippen LogP contribution in [0.4, 0.5) is 30.6 Å². The number of nitrogen functional groups attached to an aromatic ring is 1. The van der Waals surface area contributed by atoms with Crippen molar-refractivity contribution in [3.63, 3.8) is 0 Å². The van der Waals surface area contributed by atoms with E-state index in [1.54, 1.807) is 30.6 Å². The van der Waals surface area contributed by atoms with Gasteiger partial charge in [0, 0.05) is 48.3 Å². The summed E-state index contributed by atoms with van der Waals surface area (Å²) in [6.07, 6.45) is -1.04. The van der Waals surface area contributed by atoms with Crippen LogP contribution in [0.2, 0.25) is 0 Å². The summed E-state index contributed by atoms with van der Waals surface area (Å²) in [7, 11) is 0. The minimum atomic E-state index is -1.04. The number of amides is 5. The van der Waals surface area contributed by atoms with E-state index in [0.717, 1.165) is 33.0 Å². The number of benzene rings is 6. The van der Waals surface area contributed by atoms with Crippen LogP contribution < -0.4 is 11.1 Å². The first kappa shape index (κ1) is 54.9. The number of rotatable bonds is 7. The standard InChI is InChI=1S/C30H33N3O5.C20H26N2O6.C10H9N/c1-30(2,3)38-29(36)32-17-16-25-26(32)23(18-33(25)28(35)37-19-20-10-5-4-6-11-20)27(34)31-24-15-9-13-21-12-7-8-14-22(21)24;1-20(2,3)28-19(26)21-10-9-15-16(21)14(17(23)24)11-22(15)18(25)27-12-13-7-5-4-6-8-13;11-10-7-3-5-8-4-1-2-6-9(8)10/h4-15,23,25-26H,16-19H2,1-3H3,(H,31,34);4-8,14-16H,9-12H2,1-3H3,(H,23,24);1-7H,11H2/t23-,25+,26+;14-,15+,16+;/m00./s1. The number of anilines is 2. The van der Waals surface area contributed by atoms with Crippen molar-refractivity contribution in [2.45, 2.75) is 103 Å². The first-order chi connectivity index (χ1) is 36.8. The highest BCUT2D eigenvalue weighted by Crippen LogP contribution is 2.39. The molecule has 0 radical (unpaired) electrons. The zero-order valence-corrected chi connectivity index (χ0v) is 44.4. The monoisotopic (exact) mass is 1050 g/mol. The van der Waals surface area contributed by atoms with Crippen LogP contribution >= 0.6 is 0 Å². The maximum Gasteiger partial charge on any atom is 0.410 e. The molecule has 4 heterocycles. The molecule has 6 aromatic rings. The van der Waals surface area contributed by atoms with Gasteiger partial charge in [0.25, 0.3) is 0 Å². The van der Waals surface area contributed by atoms with Crippen LogP contribution in [0.15, 0.2) is 146 Å². The minimum Gasteiger partial charge on any atom is -0.481 e. The van der Waals surface area contributed by atoms with Gasteiger partial charge in [-0.1, -0.05) is 133 Å². The second kappa shape index (κ2) is 23.7. The van der Waals surface area contributed by atoms with Gasteiger partial charge in [-0.15, -0.1) is 0 Å². The van der Waals surface area contributed by atoms with Crippen LogP contribution in [0.3, 0.4) is 0 Å². The Morgan fingerprint density at radius 2 is 0.935 bits per heavy atom. The fourth-order valence-electron chi connectivity index (χ4n) is 10.5. The Morgan fingerprint density at radius 1 is 0.519 bits per heavy atom. The molecule has 6 atom stereocenters. The van der Waals surface area contributed by atoms with Gasteiger partial charge < -0.3 is 54.7 Å². The van der Waals surface area contributed by atoms with Gasteiger partial charge in [0.05, 0.1) is 36.0 Å². The van der Waals surface area contributed by atoms with E-state index in [4.69, 9.17) is 24.7 Å². The summed E-state index contributed by atoms with van der Waals surface area (Å²) in [4.78, 5) is 83.1. The van der Waals surface area contributed by atoms with Crippen molar-refractivity contribution in [1.29, 1.82) is 0 Å². The predicted octanol–water partition coefficient (Wildman–Crippen LogP) is 10.6. The van der Waals surface area contributed by atoms with Gasteiger partial charge in [-0.3, -0.25) is 9.59 Å². The quantitative estimate of drug-likeness (QED) is 0.101. The molecule has 6 aromatic carbocycles. The second-order valence-electron chi connectivity index (χ2n) is 21.6. The van der Waals surface area contributed by atoms with Crippen molar-refractivity contribution >= 4 is 69.2 Å². The number of carbonyl (C=O) groups excluding carboxylic acids is 5. The van der Waals surface area contributed by atoms with E-state index in [9.17, 15) is 33.9 Å². The fourth-order valence-corrected chi connectivity index (χ4v) is 10.5. The van der Waals surface area contributed by atoms with Gasteiger partial charge in [-0.25, -0.2) is 19.2 Å². The molecule has 17 heteroatoms. The van der Waals surface area contributed by atoms with Crippen molar-refractivity contribution in [2.75, 3.05) is 37.2 Å². The van der Waals surface area contributed by atoms with E-state index in [2.05, 4.69) is 17.4 Å². The second-order valence-corrected chi connectivity index (χ2v) is 21.6. The molecule has 4 aliphatic heterocycles. The zero-order chi connectivity index (χ0) is 55.0. The van der Waals surface area contributed by atoms with Crippen molar-refractivity contribution < 1.29 is 52.8 Å². The van der Waals surface area contributed by atoms with E-state index in [1.165, 1.54) is 15.2 Å². The maximum atomic E-state index is 13.7. The summed E-state index contributed by atoms with van der Waals surface area (Å²) in [5.74, 6) is -2.79. The number of ether oxygens (including phenoxy) is 4. The third-order valence-corrected chi connectivity index (χ3v) is 13.9. The van der Waals surface area contributed by atoms with E-state index in [-0.39, 0.29) is 38.3 Å². The summed E-state index contributed by atoms with van der Waals surface area (Å²) in [6, 6.07) is 44.5. The number of carboxylic acids is 1. The number of carbonyl (C=O) groups is 6. The lowest BCUT2D eigenvalue weighted by atomic mass is 9.98. The van der Waals surface area contributed by atoms with Crippen molar-refractivity contribution in [2.24, 2.45) is 11.8 Å². The molecular formula is C60H68N6O11. The first-order valence-electron chi connectivity index (χ1n) is 25.9. The minimum absolute atomic E-state index is 0.0115. The fraction of sp³-hybridized carbons (Fsp3) is 0.367. The Labute approximate surface area is 448 Å². The summed E-state index contributed by atoms with van der Waals surface area (Å²) in [5, 5.41) is 17.0. The Kier molecular flexibility index (Phi) is 16.9. The molecule has 10 rings (SSSR count).